The van der Waals surface area contributed by atoms with Crippen molar-refractivity contribution in [1.29, 1.82) is 0 Å². The quantitative estimate of drug-likeness (QED) is 0.452. The first-order valence-electron chi connectivity index (χ1n) is 7.82. The zero-order valence-electron chi connectivity index (χ0n) is 14.1. The Hall–Kier alpha value is -2.39. The molecule has 27 heavy (non-hydrogen) atoms. The van der Waals surface area contributed by atoms with Crippen molar-refractivity contribution in [3.05, 3.63) is 70.8 Å². The van der Waals surface area contributed by atoms with Crippen molar-refractivity contribution in [2.45, 2.75) is 23.2 Å². The van der Waals surface area contributed by atoms with Crippen molar-refractivity contribution < 1.29 is 18.0 Å². The van der Waals surface area contributed by atoms with Crippen molar-refractivity contribution in [3.63, 3.8) is 0 Å². The zero-order chi connectivity index (χ0) is 19.4. The van der Waals surface area contributed by atoms with E-state index in [0.29, 0.717) is 15.0 Å². The van der Waals surface area contributed by atoms with E-state index >= 15 is 0 Å². The number of halogens is 3. The molecule has 9 heteroatoms. The molecular weight excluding hydrogens is 395 g/mol. The molecule has 3 rings (SSSR count). The summed E-state index contributed by atoms with van der Waals surface area (Å²) in [5.41, 5.74) is 1.05. The Balaban J connectivity index is 1.64. The number of aromatic nitrogens is 2. The SMILES string of the molecule is Cc1ccc(C(=O)Nc2nnc(SCc3ccccc3C(F)(F)F)s2)cc1. The average Bonchev–Trinajstić information content (AvgIpc) is 3.07. The third-order valence-corrected chi connectivity index (χ3v) is 5.64. The molecule has 0 atom stereocenters. The van der Waals surface area contributed by atoms with Crippen LogP contribution in [0.5, 0.6) is 0 Å². The lowest BCUT2D eigenvalue weighted by molar-refractivity contribution is -0.138. The van der Waals surface area contributed by atoms with E-state index in [9.17, 15) is 18.0 Å². The maximum Gasteiger partial charge on any atom is 0.416 e. The van der Waals surface area contributed by atoms with Gasteiger partial charge in [0.2, 0.25) is 5.13 Å². The number of aryl methyl sites for hydroxylation is 1. The summed E-state index contributed by atoms with van der Waals surface area (Å²) in [5, 5.41) is 10.7. The molecule has 0 aliphatic carbocycles. The van der Waals surface area contributed by atoms with Crippen LogP contribution in [0.3, 0.4) is 0 Å². The second kappa shape index (κ2) is 8.10. The van der Waals surface area contributed by atoms with Crippen LogP contribution >= 0.6 is 23.1 Å². The molecule has 0 aliphatic rings. The van der Waals surface area contributed by atoms with E-state index in [1.54, 1.807) is 18.2 Å². The van der Waals surface area contributed by atoms with Gasteiger partial charge in [-0.3, -0.25) is 10.1 Å². The van der Waals surface area contributed by atoms with Crippen LogP contribution in [0.25, 0.3) is 0 Å². The molecule has 0 spiro atoms. The summed E-state index contributed by atoms with van der Waals surface area (Å²) in [4.78, 5) is 12.2. The molecule has 4 nitrogen and oxygen atoms in total. The Bertz CT molecular complexity index is 940. The van der Waals surface area contributed by atoms with Crippen LogP contribution in [-0.4, -0.2) is 16.1 Å². The summed E-state index contributed by atoms with van der Waals surface area (Å²) >= 11 is 2.26. The average molecular weight is 409 g/mol. The number of rotatable bonds is 5. The summed E-state index contributed by atoms with van der Waals surface area (Å²) in [7, 11) is 0. The first kappa shape index (κ1) is 19.4. The number of carbonyl (C=O) groups excluding carboxylic acids is 1. The van der Waals surface area contributed by atoms with Gasteiger partial charge in [-0.05, 0) is 30.7 Å². The monoisotopic (exact) mass is 409 g/mol. The Kier molecular flexibility index (Phi) is 5.81. The van der Waals surface area contributed by atoms with Gasteiger partial charge in [0.05, 0.1) is 5.56 Å². The standard InChI is InChI=1S/C18H14F3N3OS2/c1-11-6-8-12(9-7-11)15(25)22-16-23-24-17(27-16)26-10-13-4-2-3-5-14(13)18(19,20)21/h2-9H,10H2,1H3,(H,22,23,25). The van der Waals surface area contributed by atoms with E-state index < -0.39 is 11.7 Å². The second-order valence-corrected chi connectivity index (χ2v) is 7.84. The smallest absolute Gasteiger partial charge is 0.296 e. The van der Waals surface area contributed by atoms with E-state index in [4.69, 9.17) is 0 Å². The highest BCUT2D eigenvalue weighted by atomic mass is 32.2. The summed E-state index contributed by atoms with van der Waals surface area (Å²) in [6.45, 7) is 1.92. The Labute approximate surface area is 161 Å². The van der Waals surface area contributed by atoms with Crippen LogP contribution in [0.15, 0.2) is 52.9 Å². The lowest BCUT2D eigenvalue weighted by Gasteiger charge is -2.11. The molecule has 0 saturated carbocycles. The molecule has 0 unspecified atom stereocenters. The number of nitrogens with one attached hydrogen (secondary N) is 1. The predicted octanol–water partition coefficient (Wildman–Crippen LogP) is 5.41. The number of benzene rings is 2. The number of anilines is 1. The third kappa shape index (κ3) is 5.08. The van der Waals surface area contributed by atoms with Gasteiger partial charge in [0.15, 0.2) is 4.34 Å². The molecule has 1 amide bonds. The van der Waals surface area contributed by atoms with Gasteiger partial charge < -0.3 is 0 Å². The number of hydrogen-bond acceptors (Lipinski definition) is 5. The maximum absolute atomic E-state index is 13.0. The molecule has 2 aromatic carbocycles. The molecule has 0 saturated heterocycles. The highest BCUT2D eigenvalue weighted by molar-refractivity contribution is 8.00. The fraction of sp³-hybridized carbons (Fsp3) is 0.167. The minimum absolute atomic E-state index is 0.107. The van der Waals surface area contributed by atoms with Gasteiger partial charge in [-0.25, -0.2) is 0 Å². The predicted molar refractivity (Wildman–Crippen MR) is 100 cm³/mol. The first-order valence-corrected chi connectivity index (χ1v) is 9.62. The number of nitrogens with zero attached hydrogens (tertiary/aromatic N) is 2. The molecule has 140 valence electrons. The molecular formula is C18H14F3N3OS2. The van der Waals surface area contributed by atoms with Crippen LogP contribution in [-0.2, 0) is 11.9 Å². The Morgan fingerprint density at radius 1 is 1.11 bits per heavy atom. The van der Waals surface area contributed by atoms with E-state index in [1.807, 2.05) is 19.1 Å². The zero-order valence-corrected chi connectivity index (χ0v) is 15.7. The van der Waals surface area contributed by atoms with Crippen molar-refractivity contribution >= 4 is 34.1 Å². The van der Waals surface area contributed by atoms with Gasteiger partial charge in [0, 0.05) is 11.3 Å². The lowest BCUT2D eigenvalue weighted by atomic mass is 10.1. The van der Waals surface area contributed by atoms with Crippen LogP contribution in [0.2, 0.25) is 0 Å². The molecule has 0 aliphatic heterocycles. The molecule has 1 N–H and O–H groups in total. The third-order valence-electron chi connectivity index (χ3n) is 3.61. The number of amides is 1. The number of thioether (sulfide) groups is 1. The van der Waals surface area contributed by atoms with Crippen molar-refractivity contribution in [2.24, 2.45) is 0 Å². The van der Waals surface area contributed by atoms with E-state index in [-0.39, 0.29) is 17.2 Å². The fourth-order valence-corrected chi connectivity index (χ4v) is 4.01. The van der Waals surface area contributed by atoms with Gasteiger partial charge in [0.25, 0.3) is 5.91 Å². The fourth-order valence-electron chi connectivity index (χ4n) is 2.26. The number of hydrogen-bond donors (Lipinski definition) is 1. The summed E-state index contributed by atoms with van der Waals surface area (Å²) < 4.78 is 39.6. The van der Waals surface area contributed by atoms with Crippen molar-refractivity contribution in [3.8, 4) is 0 Å². The normalized spacial score (nSPS) is 11.4. The van der Waals surface area contributed by atoms with E-state index in [0.717, 1.165) is 34.7 Å². The molecule has 1 heterocycles. The lowest BCUT2D eigenvalue weighted by Crippen LogP contribution is -2.11. The molecule has 0 bridgehead atoms. The van der Waals surface area contributed by atoms with Crippen LogP contribution in [0, 0.1) is 6.92 Å². The minimum atomic E-state index is -4.40. The van der Waals surface area contributed by atoms with Gasteiger partial charge in [-0.15, -0.1) is 10.2 Å². The number of carbonyl (C=O) groups is 1. The molecule has 3 aromatic rings. The van der Waals surface area contributed by atoms with Gasteiger partial charge in [0.1, 0.15) is 0 Å². The molecule has 0 radical (unpaired) electrons. The summed E-state index contributed by atoms with van der Waals surface area (Å²) in [5.74, 6) is -0.207. The topological polar surface area (TPSA) is 54.9 Å². The van der Waals surface area contributed by atoms with E-state index in [1.165, 1.54) is 12.1 Å². The maximum atomic E-state index is 13.0. The highest BCUT2D eigenvalue weighted by Crippen LogP contribution is 2.35. The largest absolute Gasteiger partial charge is 0.416 e. The molecule has 0 fully saturated rings. The van der Waals surface area contributed by atoms with E-state index in [2.05, 4.69) is 15.5 Å². The van der Waals surface area contributed by atoms with Crippen molar-refractivity contribution in [2.75, 3.05) is 5.32 Å². The summed E-state index contributed by atoms with van der Waals surface area (Å²) in [6.07, 6.45) is -4.40. The highest BCUT2D eigenvalue weighted by Gasteiger charge is 2.32. The van der Waals surface area contributed by atoms with Gasteiger partial charge >= 0.3 is 6.18 Å². The van der Waals surface area contributed by atoms with Crippen LogP contribution < -0.4 is 5.32 Å². The second-order valence-electron chi connectivity index (χ2n) is 5.64. The van der Waals surface area contributed by atoms with Gasteiger partial charge in [-0.2, -0.15) is 13.2 Å². The van der Waals surface area contributed by atoms with Crippen LogP contribution in [0.1, 0.15) is 27.0 Å². The minimum Gasteiger partial charge on any atom is -0.296 e. The van der Waals surface area contributed by atoms with Gasteiger partial charge in [-0.1, -0.05) is 59.0 Å². The number of alkyl halides is 3. The van der Waals surface area contributed by atoms with Crippen LogP contribution in [0.4, 0.5) is 18.3 Å². The summed E-state index contributed by atoms with van der Waals surface area (Å²) in [6, 6.07) is 12.5. The van der Waals surface area contributed by atoms with Crippen molar-refractivity contribution in [1.82, 2.24) is 10.2 Å². The first-order chi connectivity index (χ1) is 12.8. The Morgan fingerprint density at radius 2 is 1.81 bits per heavy atom. The Morgan fingerprint density at radius 3 is 2.52 bits per heavy atom. The molecule has 1 aromatic heterocycles.